The van der Waals surface area contributed by atoms with Crippen LogP contribution in [0.3, 0.4) is 0 Å². The lowest BCUT2D eigenvalue weighted by atomic mass is 9.87. The first-order valence-corrected chi connectivity index (χ1v) is 7.51. The number of aryl methyl sites for hydroxylation is 1. The zero-order valence-electron chi connectivity index (χ0n) is 11.2. The third-order valence-electron chi connectivity index (χ3n) is 3.70. The molecular weight excluding hydrogens is 272 g/mol. The van der Waals surface area contributed by atoms with Gasteiger partial charge < -0.3 is 4.90 Å². The predicted molar refractivity (Wildman–Crippen MR) is 78.8 cm³/mol. The first-order chi connectivity index (χ1) is 9.75. The second kappa shape index (κ2) is 5.58. The molecule has 0 radical (unpaired) electrons. The summed E-state index contributed by atoms with van der Waals surface area (Å²) in [5.74, 6) is 0. The fourth-order valence-corrected chi connectivity index (χ4v) is 3.11. The monoisotopic (exact) mass is 288 g/mol. The molecule has 6 heteroatoms. The minimum absolute atomic E-state index is 0.132. The van der Waals surface area contributed by atoms with Crippen molar-refractivity contribution in [2.45, 2.75) is 25.3 Å². The molecule has 0 fully saturated rings. The number of nitrogens with one attached hydrogen (secondary N) is 1. The zero-order chi connectivity index (χ0) is 13.9. The second-order valence-electron chi connectivity index (χ2n) is 4.89. The number of urea groups is 1. The molecule has 3 rings (SSSR count). The minimum Gasteiger partial charge on any atom is -0.320 e. The van der Waals surface area contributed by atoms with Gasteiger partial charge in [0.15, 0.2) is 0 Å². The van der Waals surface area contributed by atoms with E-state index in [4.69, 9.17) is 0 Å². The Balaban J connectivity index is 1.77. The molecule has 1 aliphatic carbocycles. The highest BCUT2D eigenvalue weighted by molar-refractivity contribution is 7.13. The Morgan fingerprint density at radius 1 is 1.45 bits per heavy atom. The van der Waals surface area contributed by atoms with Gasteiger partial charge in [-0.3, -0.25) is 5.32 Å². The molecule has 2 amide bonds. The summed E-state index contributed by atoms with van der Waals surface area (Å²) in [6, 6.07) is 8.36. The van der Waals surface area contributed by atoms with E-state index >= 15 is 0 Å². The second-order valence-corrected chi connectivity index (χ2v) is 5.72. The predicted octanol–water partition coefficient (Wildman–Crippen LogP) is 3.08. The van der Waals surface area contributed by atoms with E-state index in [-0.39, 0.29) is 12.1 Å². The Bertz CT molecular complexity index is 599. The highest BCUT2D eigenvalue weighted by atomic mass is 32.1. The molecule has 1 unspecified atom stereocenters. The Morgan fingerprint density at radius 3 is 3.10 bits per heavy atom. The SMILES string of the molecule is CN(C(=O)Nc1nncs1)C1CCCc2ccccc21. The van der Waals surface area contributed by atoms with Gasteiger partial charge in [0.25, 0.3) is 0 Å². The largest absolute Gasteiger partial charge is 0.323 e. The number of hydrogen-bond donors (Lipinski definition) is 1. The molecule has 104 valence electrons. The molecule has 0 aliphatic heterocycles. The first-order valence-electron chi connectivity index (χ1n) is 6.63. The van der Waals surface area contributed by atoms with Gasteiger partial charge in [0.2, 0.25) is 5.13 Å². The van der Waals surface area contributed by atoms with E-state index in [9.17, 15) is 4.79 Å². The van der Waals surface area contributed by atoms with Crippen LogP contribution in [0.2, 0.25) is 0 Å². The van der Waals surface area contributed by atoms with E-state index in [1.165, 1.54) is 22.5 Å². The molecule has 1 aliphatic rings. The molecule has 1 atom stereocenters. The third-order valence-corrected chi connectivity index (χ3v) is 4.31. The van der Waals surface area contributed by atoms with Gasteiger partial charge in [-0.15, -0.1) is 10.2 Å². The van der Waals surface area contributed by atoms with E-state index in [2.05, 4.69) is 33.7 Å². The van der Waals surface area contributed by atoms with E-state index in [1.54, 1.807) is 10.4 Å². The zero-order valence-corrected chi connectivity index (χ0v) is 12.1. The third kappa shape index (κ3) is 2.51. The summed E-state index contributed by atoms with van der Waals surface area (Å²) in [7, 11) is 1.84. The highest BCUT2D eigenvalue weighted by Gasteiger charge is 2.26. The molecule has 1 aromatic carbocycles. The van der Waals surface area contributed by atoms with Crippen LogP contribution >= 0.6 is 11.3 Å². The van der Waals surface area contributed by atoms with Gasteiger partial charge >= 0.3 is 6.03 Å². The maximum absolute atomic E-state index is 12.3. The number of carbonyl (C=O) groups is 1. The van der Waals surface area contributed by atoms with E-state index < -0.39 is 0 Å². The van der Waals surface area contributed by atoms with Crippen molar-refractivity contribution in [1.82, 2.24) is 15.1 Å². The fraction of sp³-hybridized carbons (Fsp3) is 0.357. The number of benzene rings is 1. The first kappa shape index (κ1) is 13.1. The van der Waals surface area contributed by atoms with Crippen LogP contribution in [-0.4, -0.2) is 28.2 Å². The fourth-order valence-electron chi connectivity index (χ4n) is 2.68. The summed E-state index contributed by atoms with van der Waals surface area (Å²) in [5, 5.41) is 10.9. The number of hydrogen-bond acceptors (Lipinski definition) is 4. The Kier molecular flexibility index (Phi) is 3.64. The quantitative estimate of drug-likeness (QED) is 0.924. The summed E-state index contributed by atoms with van der Waals surface area (Å²) in [6.45, 7) is 0. The Labute approximate surface area is 121 Å². The van der Waals surface area contributed by atoms with E-state index in [1.807, 2.05) is 13.1 Å². The van der Waals surface area contributed by atoms with Crippen LogP contribution in [-0.2, 0) is 6.42 Å². The van der Waals surface area contributed by atoms with Gasteiger partial charge in [-0.05, 0) is 30.4 Å². The van der Waals surface area contributed by atoms with Crippen molar-refractivity contribution in [2.24, 2.45) is 0 Å². The number of nitrogens with zero attached hydrogens (tertiary/aromatic N) is 3. The van der Waals surface area contributed by atoms with Gasteiger partial charge in [-0.1, -0.05) is 35.6 Å². The molecule has 0 saturated heterocycles. The standard InChI is InChI=1S/C14H16N4OS/c1-18(14(19)16-13-17-15-9-20-13)12-8-4-6-10-5-2-3-7-11(10)12/h2-3,5,7,9,12H,4,6,8H2,1H3,(H,16,17,19). The number of fused-ring (bicyclic) bond motifs is 1. The normalized spacial score (nSPS) is 17.4. The average molecular weight is 288 g/mol. The van der Waals surface area contributed by atoms with Gasteiger partial charge in [0.1, 0.15) is 5.51 Å². The van der Waals surface area contributed by atoms with Crippen molar-refractivity contribution in [3.8, 4) is 0 Å². The molecule has 20 heavy (non-hydrogen) atoms. The molecule has 1 heterocycles. The topological polar surface area (TPSA) is 58.1 Å². The summed E-state index contributed by atoms with van der Waals surface area (Å²) in [4.78, 5) is 14.0. The van der Waals surface area contributed by atoms with Crippen LogP contribution < -0.4 is 5.32 Å². The molecule has 0 saturated carbocycles. The van der Waals surface area contributed by atoms with Gasteiger partial charge in [0, 0.05) is 7.05 Å². The summed E-state index contributed by atoms with van der Waals surface area (Å²) in [6.07, 6.45) is 3.20. The smallest absolute Gasteiger partial charge is 0.320 e. The van der Waals surface area contributed by atoms with Crippen molar-refractivity contribution in [2.75, 3.05) is 12.4 Å². The number of amides is 2. The Morgan fingerprint density at radius 2 is 2.30 bits per heavy atom. The van der Waals surface area contributed by atoms with Crippen molar-refractivity contribution < 1.29 is 4.79 Å². The van der Waals surface area contributed by atoms with E-state index in [0.717, 1.165) is 19.3 Å². The maximum atomic E-state index is 12.3. The summed E-state index contributed by atoms with van der Waals surface area (Å²) < 4.78 is 0. The molecular formula is C14H16N4OS. The summed E-state index contributed by atoms with van der Waals surface area (Å²) >= 11 is 1.32. The van der Waals surface area contributed by atoms with Crippen LogP contribution in [0.1, 0.15) is 30.0 Å². The lowest BCUT2D eigenvalue weighted by molar-refractivity contribution is 0.197. The molecule has 2 aromatic rings. The molecule has 0 bridgehead atoms. The van der Waals surface area contributed by atoms with Crippen molar-refractivity contribution in [1.29, 1.82) is 0 Å². The number of carbonyl (C=O) groups excluding carboxylic acids is 1. The number of aromatic nitrogens is 2. The molecule has 0 spiro atoms. The van der Waals surface area contributed by atoms with Gasteiger partial charge in [0.05, 0.1) is 6.04 Å². The summed E-state index contributed by atoms with van der Waals surface area (Å²) in [5.41, 5.74) is 4.21. The van der Waals surface area contributed by atoms with Crippen molar-refractivity contribution >= 4 is 22.5 Å². The molecule has 1 aromatic heterocycles. The van der Waals surface area contributed by atoms with Gasteiger partial charge in [-0.2, -0.15) is 0 Å². The van der Waals surface area contributed by atoms with E-state index in [0.29, 0.717) is 5.13 Å². The van der Waals surface area contributed by atoms with Crippen molar-refractivity contribution in [3.63, 3.8) is 0 Å². The minimum atomic E-state index is -0.136. The molecule has 1 N–H and O–H groups in total. The van der Waals surface area contributed by atoms with Crippen LogP contribution in [0.15, 0.2) is 29.8 Å². The Hall–Kier alpha value is -1.95. The number of rotatable bonds is 2. The lowest BCUT2D eigenvalue weighted by Gasteiger charge is -2.33. The van der Waals surface area contributed by atoms with Gasteiger partial charge in [-0.25, -0.2) is 4.79 Å². The lowest BCUT2D eigenvalue weighted by Crippen LogP contribution is -2.36. The van der Waals surface area contributed by atoms with Crippen LogP contribution in [0.4, 0.5) is 9.93 Å². The average Bonchev–Trinajstić information content (AvgIpc) is 2.99. The highest BCUT2D eigenvalue weighted by Crippen LogP contribution is 2.33. The van der Waals surface area contributed by atoms with Crippen LogP contribution in [0, 0.1) is 0 Å². The maximum Gasteiger partial charge on any atom is 0.323 e. The van der Waals surface area contributed by atoms with Crippen LogP contribution in [0.5, 0.6) is 0 Å². The molecule has 5 nitrogen and oxygen atoms in total. The van der Waals surface area contributed by atoms with Crippen LogP contribution in [0.25, 0.3) is 0 Å². The number of anilines is 1. The van der Waals surface area contributed by atoms with Crippen molar-refractivity contribution in [3.05, 3.63) is 40.9 Å².